The first-order valence-corrected chi connectivity index (χ1v) is 11.2. The highest BCUT2D eigenvalue weighted by atomic mass is 35.5. The Bertz CT molecular complexity index is 1030. The van der Waals surface area contributed by atoms with Crippen LogP contribution in [0.15, 0.2) is 78.9 Å². The molecule has 0 bridgehead atoms. The van der Waals surface area contributed by atoms with Gasteiger partial charge in [-0.25, -0.2) is 0 Å². The summed E-state index contributed by atoms with van der Waals surface area (Å²) >= 11 is 5.95. The lowest BCUT2D eigenvalue weighted by atomic mass is 10.1. The molecule has 0 spiro atoms. The summed E-state index contributed by atoms with van der Waals surface area (Å²) in [5, 5.41) is 0.752. The summed E-state index contributed by atoms with van der Waals surface area (Å²) in [6.45, 7) is 4.10. The Hall–Kier alpha value is -3.08. The van der Waals surface area contributed by atoms with Gasteiger partial charge >= 0.3 is 0 Å². The fourth-order valence-electron chi connectivity index (χ4n) is 3.67. The van der Waals surface area contributed by atoms with Gasteiger partial charge in [0.05, 0.1) is 0 Å². The van der Waals surface area contributed by atoms with Crippen LogP contribution in [0.5, 0.6) is 5.75 Å². The molecule has 4 nitrogen and oxygen atoms in total. The average Bonchev–Trinajstić information content (AvgIpc) is 2.84. The van der Waals surface area contributed by atoms with Crippen LogP contribution in [0.4, 0.5) is 0 Å². The van der Waals surface area contributed by atoms with Gasteiger partial charge in [0, 0.05) is 37.7 Å². The molecule has 0 saturated carbocycles. The van der Waals surface area contributed by atoms with Crippen LogP contribution in [-0.4, -0.2) is 48.5 Å². The topological polar surface area (TPSA) is 32.8 Å². The molecule has 0 N–H and O–H groups in total. The number of halogens is 1. The summed E-state index contributed by atoms with van der Waals surface area (Å²) in [6.07, 6.45) is 4.14. The number of hydrogen-bond donors (Lipinski definition) is 0. The average molecular weight is 447 g/mol. The Morgan fingerprint density at radius 1 is 0.812 bits per heavy atom. The molecule has 1 amide bonds. The van der Waals surface area contributed by atoms with E-state index in [1.54, 1.807) is 0 Å². The largest absolute Gasteiger partial charge is 0.484 e. The predicted molar refractivity (Wildman–Crippen MR) is 131 cm³/mol. The molecule has 32 heavy (non-hydrogen) atoms. The van der Waals surface area contributed by atoms with Gasteiger partial charge in [0.2, 0.25) is 0 Å². The zero-order valence-electron chi connectivity index (χ0n) is 18.0. The molecule has 0 aromatic heterocycles. The molecule has 5 heteroatoms. The standard InChI is InChI=1S/C27H27ClN2O2/c28-25-12-8-24(9-13-25)20-29-16-18-30(19-17-29)27(31)21-32-26-14-10-23(11-15-26)7-6-22-4-2-1-3-5-22/h1-15H,16-21H2. The Morgan fingerprint density at radius 3 is 2.09 bits per heavy atom. The van der Waals surface area contributed by atoms with E-state index >= 15 is 0 Å². The highest BCUT2D eigenvalue weighted by molar-refractivity contribution is 6.30. The number of carbonyl (C=O) groups is 1. The Kier molecular flexibility index (Phi) is 7.59. The molecule has 1 aliphatic heterocycles. The Balaban J connectivity index is 1.20. The second-order valence-electron chi connectivity index (χ2n) is 7.89. The molecule has 3 aromatic carbocycles. The molecule has 1 aliphatic rings. The molecule has 1 fully saturated rings. The summed E-state index contributed by atoms with van der Waals surface area (Å²) in [4.78, 5) is 16.8. The van der Waals surface area contributed by atoms with Crippen LogP contribution in [0.25, 0.3) is 12.2 Å². The van der Waals surface area contributed by atoms with Crippen molar-refractivity contribution in [3.8, 4) is 5.75 Å². The molecule has 4 rings (SSSR count). The maximum atomic E-state index is 12.6. The van der Waals surface area contributed by atoms with Crippen LogP contribution in [0.2, 0.25) is 5.02 Å². The van der Waals surface area contributed by atoms with Crippen LogP contribution in [0, 0.1) is 0 Å². The maximum absolute atomic E-state index is 12.6. The molecule has 0 atom stereocenters. The maximum Gasteiger partial charge on any atom is 0.260 e. The third-order valence-corrected chi connectivity index (χ3v) is 5.81. The van der Waals surface area contributed by atoms with Crippen molar-refractivity contribution in [2.45, 2.75) is 6.54 Å². The molecule has 0 radical (unpaired) electrons. The lowest BCUT2D eigenvalue weighted by molar-refractivity contribution is -0.135. The van der Waals surface area contributed by atoms with Gasteiger partial charge in [0.25, 0.3) is 5.91 Å². The van der Waals surface area contributed by atoms with Gasteiger partial charge in [0.15, 0.2) is 6.61 Å². The minimum atomic E-state index is 0.0317. The van der Waals surface area contributed by atoms with Gasteiger partial charge < -0.3 is 9.64 Å². The first-order chi connectivity index (χ1) is 15.7. The zero-order valence-corrected chi connectivity index (χ0v) is 18.7. The number of benzene rings is 3. The van der Waals surface area contributed by atoms with Gasteiger partial charge in [-0.2, -0.15) is 0 Å². The Morgan fingerprint density at radius 2 is 1.44 bits per heavy atom. The number of rotatable bonds is 7. The van der Waals surface area contributed by atoms with Crippen LogP contribution >= 0.6 is 11.6 Å². The first-order valence-electron chi connectivity index (χ1n) is 10.9. The zero-order chi connectivity index (χ0) is 22.2. The van der Waals surface area contributed by atoms with Gasteiger partial charge in [-0.15, -0.1) is 0 Å². The van der Waals surface area contributed by atoms with Crippen molar-refractivity contribution in [1.82, 2.24) is 9.80 Å². The van der Waals surface area contributed by atoms with E-state index in [2.05, 4.69) is 41.3 Å². The van der Waals surface area contributed by atoms with E-state index in [9.17, 15) is 4.79 Å². The molecule has 3 aromatic rings. The Labute approximate surface area is 194 Å². The van der Waals surface area contributed by atoms with Crippen molar-refractivity contribution in [3.63, 3.8) is 0 Å². The number of carbonyl (C=O) groups excluding carboxylic acids is 1. The van der Waals surface area contributed by atoms with Gasteiger partial charge in [0.1, 0.15) is 5.75 Å². The van der Waals surface area contributed by atoms with Crippen LogP contribution in [0.3, 0.4) is 0 Å². The van der Waals surface area contributed by atoms with Crippen LogP contribution in [-0.2, 0) is 11.3 Å². The summed E-state index contributed by atoms with van der Waals surface area (Å²) in [5.74, 6) is 0.737. The van der Waals surface area contributed by atoms with E-state index in [0.717, 1.165) is 48.9 Å². The van der Waals surface area contributed by atoms with E-state index in [1.165, 1.54) is 5.56 Å². The monoisotopic (exact) mass is 446 g/mol. The molecule has 164 valence electrons. The lowest BCUT2D eigenvalue weighted by Crippen LogP contribution is -2.49. The van der Waals surface area contributed by atoms with Gasteiger partial charge in [-0.1, -0.05) is 78.4 Å². The quantitative estimate of drug-likeness (QED) is 0.465. The molecular formula is C27H27ClN2O2. The summed E-state index contributed by atoms with van der Waals surface area (Å²) in [5.41, 5.74) is 3.48. The summed E-state index contributed by atoms with van der Waals surface area (Å²) in [7, 11) is 0. The van der Waals surface area contributed by atoms with Gasteiger partial charge in [-0.3, -0.25) is 9.69 Å². The molecule has 0 aliphatic carbocycles. The van der Waals surface area contributed by atoms with Crippen molar-refractivity contribution in [1.29, 1.82) is 0 Å². The summed E-state index contributed by atoms with van der Waals surface area (Å²) in [6, 6.07) is 25.9. The number of piperazine rings is 1. The van der Waals surface area contributed by atoms with Crippen molar-refractivity contribution in [2.75, 3.05) is 32.8 Å². The second kappa shape index (κ2) is 11.0. The van der Waals surface area contributed by atoms with E-state index in [0.29, 0.717) is 5.75 Å². The molecular weight excluding hydrogens is 420 g/mol. The van der Waals surface area contributed by atoms with Crippen LogP contribution in [0.1, 0.15) is 16.7 Å². The molecule has 0 unspecified atom stereocenters. The molecule has 1 saturated heterocycles. The summed E-state index contributed by atoms with van der Waals surface area (Å²) < 4.78 is 5.73. The fraction of sp³-hybridized carbons (Fsp3) is 0.222. The predicted octanol–water partition coefficient (Wildman–Crippen LogP) is 5.23. The second-order valence-corrected chi connectivity index (χ2v) is 8.32. The molecule has 1 heterocycles. The smallest absolute Gasteiger partial charge is 0.260 e. The van der Waals surface area contributed by atoms with E-state index < -0.39 is 0 Å². The van der Waals surface area contributed by atoms with Gasteiger partial charge in [-0.05, 0) is 41.0 Å². The number of hydrogen-bond acceptors (Lipinski definition) is 3. The van der Waals surface area contributed by atoms with Crippen molar-refractivity contribution < 1.29 is 9.53 Å². The van der Waals surface area contributed by atoms with E-state index in [1.807, 2.05) is 59.5 Å². The van der Waals surface area contributed by atoms with Crippen molar-refractivity contribution in [3.05, 3.63) is 101 Å². The van der Waals surface area contributed by atoms with E-state index in [-0.39, 0.29) is 12.5 Å². The van der Waals surface area contributed by atoms with Crippen molar-refractivity contribution in [2.24, 2.45) is 0 Å². The minimum Gasteiger partial charge on any atom is -0.484 e. The van der Waals surface area contributed by atoms with E-state index in [4.69, 9.17) is 16.3 Å². The first kappa shape index (κ1) is 22.1. The number of ether oxygens (including phenoxy) is 1. The van der Waals surface area contributed by atoms with Crippen molar-refractivity contribution >= 4 is 29.7 Å². The number of nitrogens with zero attached hydrogens (tertiary/aromatic N) is 2. The SMILES string of the molecule is O=C(COc1ccc(C=Cc2ccccc2)cc1)N1CCN(Cc2ccc(Cl)cc2)CC1. The lowest BCUT2D eigenvalue weighted by Gasteiger charge is -2.34. The highest BCUT2D eigenvalue weighted by Crippen LogP contribution is 2.16. The number of amides is 1. The minimum absolute atomic E-state index is 0.0317. The fourth-order valence-corrected chi connectivity index (χ4v) is 3.80. The third kappa shape index (κ3) is 6.46. The van der Waals surface area contributed by atoms with Crippen LogP contribution < -0.4 is 4.74 Å². The third-order valence-electron chi connectivity index (χ3n) is 5.55. The highest BCUT2D eigenvalue weighted by Gasteiger charge is 2.21. The normalized spacial score (nSPS) is 14.6.